The fourth-order valence-electron chi connectivity index (χ4n) is 0.962. The highest BCUT2D eigenvalue weighted by Gasteiger charge is 1.96. The Bertz CT molecular complexity index is 402. The van der Waals surface area contributed by atoms with E-state index in [1.54, 1.807) is 42.9 Å². The summed E-state index contributed by atoms with van der Waals surface area (Å²) in [4.78, 5) is 7.86. The Morgan fingerprint density at radius 1 is 1.07 bits per heavy atom. The first-order valence-electron chi connectivity index (χ1n) is 4.04. The molecule has 1 aromatic carbocycles. The van der Waals surface area contributed by atoms with Crippen molar-refractivity contribution in [1.82, 2.24) is 9.97 Å². The summed E-state index contributed by atoms with van der Waals surface area (Å²) < 4.78 is 5.40. The van der Waals surface area contributed by atoms with E-state index in [9.17, 15) is 0 Å². The molecule has 1 aromatic heterocycles. The quantitative estimate of drug-likeness (QED) is 0.758. The molecule has 0 aliphatic carbocycles. The van der Waals surface area contributed by atoms with Crippen LogP contribution in [0.15, 0.2) is 42.9 Å². The van der Waals surface area contributed by atoms with Gasteiger partial charge in [-0.3, -0.25) is 4.98 Å². The van der Waals surface area contributed by atoms with E-state index in [-0.39, 0.29) is 0 Å². The van der Waals surface area contributed by atoms with E-state index in [1.165, 1.54) is 0 Å². The van der Waals surface area contributed by atoms with Gasteiger partial charge in [0.15, 0.2) is 0 Å². The number of hydrogen-bond acceptors (Lipinski definition) is 3. The van der Waals surface area contributed by atoms with Crippen LogP contribution in [0.2, 0.25) is 5.02 Å². The van der Waals surface area contributed by atoms with Crippen molar-refractivity contribution in [3.63, 3.8) is 0 Å². The normalized spacial score (nSPS) is 9.79. The molecule has 0 radical (unpaired) electrons. The molecule has 0 aliphatic heterocycles. The monoisotopic (exact) mass is 206 g/mol. The predicted molar refractivity (Wildman–Crippen MR) is 53.6 cm³/mol. The smallest absolute Gasteiger partial charge is 0.237 e. The van der Waals surface area contributed by atoms with Crippen LogP contribution < -0.4 is 4.74 Å². The zero-order valence-electron chi connectivity index (χ0n) is 7.22. The number of benzene rings is 1. The van der Waals surface area contributed by atoms with Gasteiger partial charge in [-0.15, -0.1) is 0 Å². The molecular formula is C10H7ClN2O. The molecule has 0 atom stereocenters. The van der Waals surface area contributed by atoms with Gasteiger partial charge in [-0.2, -0.15) is 0 Å². The van der Waals surface area contributed by atoms with Crippen LogP contribution in [0.5, 0.6) is 11.6 Å². The lowest BCUT2D eigenvalue weighted by Crippen LogP contribution is -1.87. The van der Waals surface area contributed by atoms with Crippen molar-refractivity contribution in [3.8, 4) is 11.6 Å². The first-order chi connectivity index (χ1) is 6.84. The summed E-state index contributed by atoms with van der Waals surface area (Å²) in [7, 11) is 0. The summed E-state index contributed by atoms with van der Waals surface area (Å²) in [6.07, 6.45) is 4.72. The molecule has 0 bridgehead atoms. The van der Waals surface area contributed by atoms with E-state index < -0.39 is 0 Å². The largest absolute Gasteiger partial charge is 0.438 e. The van der Waals surface area contributed by atoms with Gasteiger partial charge < -0.3 is 4.74 Å². The summed E-state index contributed by atoms with van der Waals surface area (Å²) in [5, 5.41) is 0.677. The Kier molecular flexibility index (Phi) is 2.60. The molecule has 0 unspecified atom stereocenters. The lowest BCUT2D eigenvalue weighted by molar-refractivity contribution is 0.460. The van der Waals surface area contributed by atoms with Crippen LogP contribution in [-0.2, 0) is 0 Å². The topological polar surface area (TPSA) is 35.0 Å². The van der Waals surface area contributed by atoms with Gasteiger partial charge in [0.25, 0.3) is 0 Å². The highest BCUT2D eigenvalue weighted by molar-refractivity contribution is 6.30. The Morgan fingerprint density at radius 3 is 2.50 bits per heavy atom. The predicted octanol–water partition coefficient (Wildman–Crippen LogP) is 2.92. The SMILES string of the molecule is Clc1ccc(Oc2cnccn2)cc1. The fourth-order valence-corrected chi connectivity index (χ4v) is 1.09. The first kappa shape index (κ1) is 8.97. The van der Waals surface area contributed by atoms with Gasteiger partial charge in [0.05, 0.1) is 6.20 Å². The lowest BCUT2D eigenvalue weighted by atomic mass is 10.3. The molecule has 3 nitrogen and oxygen atoms in total. The van der Waals surface area contributed by atoms with E-state index >= 15 is 0 Å². The lowest BCUT2D eigenvalue weighted by Gasteiger charge is -2.02. The maximum absolute atomic E-state index is 5.73. The Hall–Kier alpha value is -1.61. The van der Waals surface area contributed by atoms with Crippen molar-refractivity contribution in [3.05, 3.63) is 47.9 Å². The molecule has 0 amide bonds. The Labute approximate surface area is 86.3 Å². The van der Waals surface area contributed by atoms with Crippen molar-refractivity contribution in [2.24, 2.45) is 0 Å². The van der Waals surface area contributed by atoms with Gasteiger partial charge >= 0.3 is 0 Å². The average Bonchev–Trinajstić information content (AvgIpc) is 2.23. The van der Waals surface area contributed by atoms with E-state index in [2.05, 4.69) is 9.97 Å². The molecule has 4 heteroatoms. The molecule has 0 aliphatic rings. The van der Waals surface area contributed by atoms with Gasteiger partial charge in [0, 0.05) is 17.4 Å². The van der Waals surface area contributed by atoms with Gasteiger partial charge in [0.1, 0.15) is 5.75 Å². The number of ether oxygens (including phenoxy) is 1. The molecule has 1 heterocycles. The molecule has 2 aromatic rings. The summed E-state index contributed by atoms with van der Waals surface area (Å²) >= 11 is 5.73. The third kappa shape index (κ3) is 2.20. The Morgan fingerprint density at radius 2 is 1.86 bits per heavy atom. The number of aromatic nitrogens is 2. The number of halogens is 1. The number of rotatable bonds is 2. The third-order valence-corrected chi connectivity index (χ3v) is 1.83. The van der Waals surface area contributed by atoms with Crippen LogP contribution in [0, 0.1) is 0 Å². The zero-order chi connectivity index (χ0) is 9.80. The van der Waals surface area contributed by atoms with Crippen LogP contribution in [0.3, 0.4) is 0 Å². The van der Waals surface area contributed by atoms with E-state index in [0.717, 1.165) is 0 Å². The molecular weight excluding hydrogens is 200 g/mol. The zero-order valence-corrected chi connectivity index (χ0v) is 7.98. The maximum atomic E-state index is 5.73. The van der Waals surface area contributed by atoms with E-state index in [4.69, 9.17) is 16.3 Å². The molecule has 2 rings (SSSR count). The molecule has 70 valence electrons. The molecule has 0 N–H and O–H groups in total. The molecule has 14 heavy (non-hydrogen) atoms. The second-order valence-electron chi connectivity index (χ2n) is 2.60. The summed E-state index contributed by atoms with van der Waals surface area (Å²) in [6.45, 7) is 0. The molecule has 0 saturated carbocycles. The molecule has 0 spiro atoms. The highest BCUT2D eigenvalue weighted by atomic mass is 35.5. The van der Waals surface area contributed by atoms with Gasteiger partial charge in [-0.1, -0.05) is 11.6 Å². The van der Waals surface area contributed by atoms with Gasteiger partial charge in [-0.25, -0.2) is 4.98 Å². The van der Waals surface area contributed by atoms with Crippen LogP contribution in [-0.4, -0.2) is 9.97 Å². The minimum Gasteiger partial charge on any atom is -0.438 e. The van der Waals surface area contributed by atoms with Crippen molar-refractivity contribution in [2.75, 3.05) is 0 Å². The minimum absolute atomic E-state index is 0.467. The van der Waals surface area contributed by atoms with Crippen LogP contribution in [0.25, 0.3) is 0 Å². The second kappa shape index (κ2) is 4.07. The standard InChI is InChI=1S/C10H7ClN2O/c11-8-1-3-9(4-2-8)14-10-7-12-5-6-13-10/h1-7H. The second-order valence-corrected chi connectivity index (χ2v) is 3.04. The van der Waals surface area contributed by atoms with Crippen molar-refractivity contribution < 1.29 is 4.74 Å². The van der Waals surface area contributed by atoms with Crippen molar-refractivity contribution >= 4 is 11.6 Å². The minimum atomic E-state index is 0.467. The number of hydrogen-bond donors (Lipinski definition) is 0. The van der Waals surface area contributed by atoms with Crippen molar-refractivity contribution in [2.45, 2.75) is 0 Å². The summed E-state index contributed by atoms with van der Waals surface area (Å²) in [5.41, 5.74) is 0. The molecule has 0 fully saturated rings. The van der Waals surface area contributed by atoms with E-state index in [0.29, 0.717) is 16.7 Å². The van der Waals surface area contributed by atoms with E-state index in [1.807, 2.05) is 0 Å². The van der Waals surface area contributed by atoms with Crippen LogP contribution >= 0.6 is 11.6 Å². The highest BCUT2D eigenvalue weighted by Crippen LogP contribution is 2.20. The van der Waals surface area contributed by atoms with Crippen LogP contribution in [0.4, 0.5) is 0 Å². The van der Waals surface area contributed by atoms with Crippen molar-refractivity contribution in [1.29, 1.82) is 0 Å². The van der Waals surface area contributed by atoms with Gasteiger partial charge in [-0.05, 0) is 24.3 Å². The molecule has 0 saturated heterocycles. The average molecular weight is 207 g/mol. The number of nitrogens with zero attached hydrogens (tertiary/aromatic N) is 2. The van der Waals surface area contributed by atoms with Gasteiger partial charge in [0.2, 0.25) is 5.88 Å². The summed E-state index contributed by atoms with van der Waals surface area (Å²) in [5.74, 6) is 1.16. The summed E-state index contributed by atoms with van der Waals surface area (Å²) in [6, 6.07) is 7.06. The first-order valence-corrected chi connectivity index (χ1v) is 4.42. The Balaban J connectivity index is 2.16. The van der Waals surface area contributed by atoms with Crippen LogP contribution in [0.1, 0.15) is 0 Å². The maximum Gasteiger partial charge on any atom is 0.237 e. The third-order valence-electron chi connectivity index (χ3n) is 1.58. The fraction of sp³-hybridized carbons (Fsp3) is 0.